The number of amides is 1. The Morgan fingerprint density at radius 3 is 2.64 bits per heavy atom. The van der Waals surface area contributed by atoms with Crippen molar-refractivity contribution in [3.8, 4) is 16.9 Å². The summed E-state index contributed by atoms with van der Waals surface area (Å²) in [7, 11) is 1.67. The second-order valence-corrected chi connectivity index (χ2v) is 8.81. The zero-order valence-corrected chi connectivity index (χ0v) is 19.1. The van der Waals surface area contributed by atoms with Crippen LogP contribution in [-0.2, 0) is 6.54 Å². The molecule has 1 amide bonds. The van der Waals surface area contributed by atoms with Gasteiger partial charge in [-0.3, -0.25) is 9.59 Å². The molecule has 7 nitrogen and oxygen atoms in total. The van der Waals surface area contributed by atoms with Gasteiger partial charge in [0.15, 0.2) is 0 Å². The van der Waals surface area contributed by atoms with Gasteiger partial charge >= 0.3 is 0 Å². The van der Waals surface area contributed by atoms with Gasteiger partial charge < -0.3 is 9.88 Å². The van der Waals surface area contributed by atoms with Crippen LogP contribution in [0.1, 0.15) is 16.3 Å². The molecule has 0 bridgehead atoms. The van der Waals surface area contributed by atoms with Crippen LogP contribution in [0.3, 0.4) is 0 Å². The number of benzene rings is 2. The molecule has 2 aromatic carbocycles. The van der Waals surface area contributed by atoms with Crippen molar-refractivity contribution >= 4 is 39.1 Å². The van der Waals surface area contributed by atoms with Gasteiger partial charge in [0, 0.05) is 17.6 Å². The molecule has 0 spiro atoms. The van der Waals surface area contributed by atoms with E-state index in [2.05, 4.69) is 9.97 Å². The summed E-state index contributed by atoms with van der Waals surface area (Å²) in [5.41, 5.74) is 2.45. The average molecular weight is 476 g/mol. The van der Waals surface area contributed by atoms with Crippen molar-refractivity contribution in [2.45, 2.75) is 6.54 Å². The number of para-hydroxylation sites is 1. The summed E-state index contributed by atoms with van der Waals surface area (Å²) < 4.78 is 1.63. The van der Waals surface area contributed by atoms with E-state index in [-0.39, 0.29) is 18.0 Å². The third-order valence-corrected chi connectivity index (χ3v) is 6.25. The molecule has 0 fully saturated rings. The van der Waals surface area contributed by atoms with Crippen molar-refractivity contribution in [2.24, 2.45) is 0 Å². The van der Waals surface area contributed by atoms with Crippen LogP contribution in [0.15, 0.2) is 76.9 Å². The minimum Gasteiger partial charge on any atom is -0.333 e. The smallest absolute Gasteiger partial charge is 0.272 e. The summed E-state index contributed by atoms with van der Waals surface area (Å²) in [6, 6.07) is 20.3. The van der Waals surface area contributed by atoms with Crippen molar-refractivity contribution in [3.05, 3.63) is 99.0 Å². The quantitative estimate of drug-likeness (QED) is 0.397. The number of aromatic amines is 1. The molecule has 0 saturated heterocycles. The molecule has 0 saturated carbocycles. The Balaban J connectivity index is 1.51. The fourth-order valence-electron chi connectivity index (χ4n) is 3.54. The second kappa shape index (κ2) is 8.65. The topological polar surface area (TPSA) is 83.9 Å². The van der Waals surface area contributed by atoms with E-state index in [1.165, 1.54) is 16.2 Å². The van der Waals surface area contributed by atoms with Crippen molar-refractivity contribution in [1.29, 1.82) is 0 Å². The standard InChI is InChI=1S/C24H18ClN5O2S/c1-29(14-21-26-22(31)18-11-12-33-23(18)27-21)24(32)20-13-19(15-7-9-16(25)10-8-15)28-30(20)17-5-3-2-4-6-17/h2-13H,14H2,1H3,(H,26,27,31). The lowest BCUT2D eigenvalue weighted by atomic mass is 10.1. The number of hydrogen-bond acceptors (Lipinski definition) is 5. The Morgan fingerprint density at radius 2 is 1.88 bits per heavy atom. The molecular formula is C24H18ClN5O2S. The lowest BCUT2D eigenvalue weighted by Gasteiger charge is -2.17. The zero-order valence-electron chi connectivity index (χ0n) is 17.5. The van der Waals surface area contributed by atoms with E-state index < -0.39 is 0 Å². The van der Waals surface area contributed by atoms with Crippen LogP contribution in [-0.4, -0.2) is 37.6 Å². The maximum Gasteiger partial charge on any atom is 0.272 e. The molecule has 3 aromatic heterocycles. The number of nitrogens with zero attached hydrogens (tertiary/aromatic N) is 4. The molecule has 0 aliphatic rings. The van der Waals surface area contributed by atoms with E-state index in [1.54, 1.807) is 36.0 Å². The number of carbonyl (C=O) groups is 1. The Bertz CT molecular complexity index is 1510. The zero-order chi connectivity index (χ0) is 22.9. The molecule has 9 heteroatoms. The lowest BCUT2D eigenvalue weighted by molar-refractivity contribution is 0.0772. The highest BCUT2D eigenvalue weighted by Gasteiger charge is 2.22. The van der Waals surface area contributed by atoms with Crippen molar-refractivity contribution in [2.75, 3.05) is 7.05 Å². The van der Waals surface area contributed by atoms with Gasteiger partial charge in [0.25, 0.3) is 11.5 Å². The normalized spacial score (nSPS) is 11.1. The Kier molecular flexibility index (Phi) is 5.53. The number of H-pyrrole nitrogens is 1. The number of hydrogen-bond donors (Lipinski definition) is 1. The summed E-state index contributed by atoms with van der Waals surface area (Å²) in [4.78, 5) is 35.2. The molecule has 0 aliphatic heterocycles. The van der Waals surface area contributed by atoms with Gasteiger partial charge in [0.2, 0.25) is 0 Å². The van der Waals surface area contributed by atoms with Crippen LogP contribution in [0.25, 0.3) is 27.2 Å². The van der Waals surface area contributed by atoms with Gasteiger partial charge in [0.1, 0.15) is 16.3 Å². The third kappa shape index (κ3) is 4.18. The summed E-state index contributed by atoms with van der Waals surface area (Å²) >= 11 is 7.42. The maximum atomic E-state index is 13.5. The predicted molar refractivity (Wildman–Crippen MR) is 130 cm³/mol. The number of fused-ring (bicyclic) bond motifs is 1. The first-order valence-electron chi connectivity index (χ1n) is 10.1. The number of carbonyl (C=O) groups excluding carboxylic acids is 1. The first-order valence-corrected chi connectivity index (χ1v) is 11.4. The number of nitrogens with one attached hydrogen (secondary N) is 1. The molecule has 1 N–H and O–H groups in total. The maximum absolute atomic E-state index is 13.5. The van der Waals surface area contributed by atoms with Gasteiger partial charge in [-0.2, -0.15) is 5.10 Å². The monoisotopic (exact) mass is 475 g/mol. The van der Waals surface area contributed by atoms with Gasteiger partial charge in [0.05, 0.1) is 23.3 Å². The fourth-order valence-corrected chi connectivity index (χ4v) is 4.45. The van der Waals surface area contributed by atoms with E-state index in [0.717, 1.165) is 11.3 Å². The van der Waals surface area contributed by atoms with Gasteiger partial charge in [-0.1, -0.05) is 41.9 Å². The molecule has 0 atom stereocenters. The minimum atomic E-state index is -0.250. The van der Waals surface area contributed by atoms with E-state index in [0.29, 0.717) is 32.5 Å². The molecule has 5 aromatic rings. The summed E-state index contributed by atoms with van der Waals surface area (Å²) in [5, 5.41) is 7.69. The Hall–Kier alpha value is -3.75. The lowest BCUT2D eigenvalue weighted by Crippen LogP contribution is -2.30. The van der Waals surface area contributed by atoms with Gasteiger partial charge in [-0.25, -0.2) is 9.67 Å². The highest BCUT2D eigenvalue weighted by molar-refractivity contribution is 7.16. The van der Waals surface area contributed by atoms with Crippen LogP contribution in [0.5, 0.6) is 0 Å². The second-order valence-electron chi connectivity index (χ2n) is 7.48. The highest BCUT2D eigenvalue weighted by atomic mass is 35.5. The molecule has 3 heterocycles. The third-order valence-electron chi connectivity index (χ3n) is 5.19. The average Bonchev–Trinajstić information content (AvgIpc) is 3.47. The Morgan fingerprint density at radius 1 is 1.12 bits per heavy atom. The van der Waals surface area contributed by atoms with Crippen molar-refractivity contribution in [1.82, 2.24) is 24.6 Å². The molecule has 5 rings (SSSR count). The SMILES string of the molecule is CN(Cc1nc2sccc2c(=O)[nH]1)C(=O)c1cc(-c2ccc(Cl)cc2)nn1-c1ccccc1. The first kappa shape index (κ1) is 21.1. The number of rotatable bonds is 5. The molecule has 33 heavy (non-hydrogen) atoms. The fraction of sp³-hybridized carbons (Fsp3) is 0.0833. The molecule has 0 aliphatic carbocycles. The van der Waals surface area contributed by atoms with E-state index >= 15 is 0 Å². The largest absolute Gasteiger partial charge is 0.333 e. The summed E-state index contributed by atoms with van der Waals surface area (Å²) in [6.07, 6.45) is 0. The van der Waals surface area contributed by atoms with Crippen LogP contribution in [0, 0.1) is 0 Å². The van der Waals surface area contributed by atoms with Crippen LogP contribution in [0.2, 0.25) is 5.02 Å². The highest BCUT2D eigenvalue weighted by Crippen LogP contribution is 2.24. The van der Waals surface area contributed by atoms with Crippen LogP contribution in [0.4, 0.5) is 0 Å². The molecule has 164 valence electrons. The molecular weight excluding hydrogens is 458 g/mol. The minimum absolute atomic E-state index is 0.151. The molecule has 0 unspecified atom stereocenters. The van der Waals surface area contributed by atoms with Crippen LogP contribution < -0.4 is 5.56 Å². The van der Waals surface area contributed by atoms with E-state index in [9.17, 15) is 9.59 Å². The van der Waals surface area contributed by atoms with Crippen molar-refractivity contribution < 1.29 is 4.79 Å². The Labute approximate surface area is 197 Å². The number of thiophene rings is 1. The summed E-state index contributed by atoms with van der Waals surface area (Å²) in [6.45, 7) is 0.151. The molecule has 0 radical (unpaired) electrons. The van der Waals surface area contributed by atoms with E-state index in [4.69, 9.17) is 16.7 Å². The summed E-state index contributed by atoms with van der Waals surface area (Å²) in [5.74, 6) is 0.176. The van der Waals surface area contributed by atoms with Crippen molar-refractivity contribution in [3.63, 3.8) is 0 Å². The van der Waals surface area contributed by atoms with Gasteiger partial charge in [-0.15, -0.1) is 11.3 Å². The number of aromatic nitrogens is 4. The van der Waals surface area contributed by atoms with E-state index in [1.807, 2.05) is 47.8 Å². The van der Waals surface area contributed by atoms with Crippen LogP contribution >= 0.6 is 22.9 Å². The predicted octanol–water partition coefficient (Wildman–Crippen LogP) is 4.76. The first-order chi connectivity index (χ1) is 16.0. The number of halogens is 1. The van der Waals surface area contributed by atoms with Gasteiger partial charge in [-0.05, 0) is 41.8 Å².